The first-order chi connectivity index (χ1) is 7.08. The summed E-state index contributed by atoms with van der Waals surface area (Å²) in [5, 5.41) is 1.28. The van der Waals surface area contributed by atoms with Crippen molar-refractivity contribution in [2.24, 2.45) is 0 Å². The van der Waals surface area contributed by atoms with Crippen molar-refractivity contribution in [2.45, 2.75) is 33.6 Å². The molecule has 1 nitrogen and oxygen atoms in total. The van der Waals surface area contributed by atoms with E-state index in [0.29, 0.717) is 5.92 Å². The molecule has 1 aromatic heterocycles. The zero-order chi connectivity index (χ0) is 11.0. The van der Waals surface area contributed by atoms with Crippen LogP contribution in [-0.2, 0) is 0 Å². The first-order valence-corrected chi connectivity index (χ1v) is 5.46. The number of hydrogen-bond donors (Lipinski definition) is 0. The highest BCUT2D eigenvalue weighted by Crippen LogP contribution is 2.23. The van der Waals surface area contributed by atoms with Gasteiger partial charge in [0.2, 0.25) is 0 Å². The summed E-state index contributed by atoms with van der Waals surface area (Å²) < 4.78 is 0. The average Bonchev–Trinajstić information content (AvgIpc) is 2.16. The topological polar surface area (TPSA) is 12.9 Å². The molecule has 0 radical (unpaired) electrons. The molecule has 1 aromatic carbocycles. The van der Waals surface area contributed by atoms with Crippen LogP contribution in [0.3, 0.4) is 0 Å². The second-order valence-electron chi connectivity index (χ2n) is 4.51. The van der Waals surface area contributed by atoms with Crippen LogP contribution in [-0.4, -0.2) is 4.98 Å². The van der Waals surface area contributed by atoms with Gasteiger partial charge in [-0.05, 0) is 49.1 Å². The molecule has 0 aliphatic rings. The minimum absolute atomic E-state index is 0.579. The van der Waals surface area contributed by atoms with E-state index in [2.05, 4.69) is 50.0 Å². The molecular weight excluding hydrogens is 182 g/mol. The zero-order valence-corrected chi connectivity index (χ0v) is 9.83. The Morgan fingerprint density at radius 2 is 1.80 bits per heavy atom. The van der Waals surface area contributed by atoms with E-state index < -0.39 is 0 Å². The Kier molecular flexibility index (Phi) is 2.47. The number of aromatic nitrogens is 1. The van der Waals surface area contributed by atoms with Crippen LogP contribution in [0.25, 0.3) is 10.9 Å². The smallest absolute Gasteiger partial charge is 0.0708 e. The largest absolute Gasteiger partial charge is 0.253 e. The molecule has 0 spiro atoms. The first kappa shape index (κ1) is 10.2. The third kappa shape index (κ3) is 1.87. The fourth-order valence-electron chi connectivity index (χ4n) is 1.94. The van der Waals surface area contributed by atoms with Crippen molar-refractivity contribution in [3.05, 3.63) is 41.1 Å². The number of benzene rings is 1. The van der Waals surface area contributed by atoms with Crippen molar-refractivity contribution in [3.63, 3.8) is 0 Å². The molecule has 0 atom stereocenters. The molecule has 1 heterocycles. The molecule has 78 valence electrons. The maximum Gasteiger partial charge on any atom is 0.0708 e. The molecule has 0 saturated carbocycles. The SMILES string of the molecule is Cc1cc(C)c2cc(C(C)C)ccc2n1. The molecule has 0 saturated heterocycles. The van der Waals surface area contributed by atoms with Crippen LogP contribution >= 0.6 is 0 Å². The predicted octanol–water partition coefficient (Wildman–Crippen LogP) is 3.98. The fraction of sp³-hybridized carbons (Fsp3) is 0.357. The predicted molar refractivity (Wildman–Crippen MR) is 65.3 cm³/mol. The monoisotopic (exact) mass is 199 g/mol. The minimum atomic E-state index is 0.579. The van der Waals surface area contributed by atoms with E-state index in [-0.39, 0.29) is 0 Å². The Balaban J connectivity index is 2.71. The quantitative estimate of drug-likeness (QED) is 0.677. The van der Waals surface area contributed by atoms with Crippen molar-refractivity contribution in [1.82, 2.24) is 4.98 Å². The number of pyridine rings is 1. The number of fused-ring (bicyclic) bond motifs is 1. The maximum absolute atomic E-state index is 4.54. The summed E-state index contributed by atoms with van der Waals surface area (Å²) in [6, 6.07) is 8.72. The van der Waals surface area contributed by atoms with Crippen LogP contribution in [0.1, 0.15) is 36.6 Å². The van der Waals surface area contributed by atoms with Crippen LogP contribution in [0, 0.1) is 13.8 Å². The standard InChI is InChI=1S/C14H17N/c1-9(2)12-5-6-14-13(8-12)10(3)7-11(4)15-14/h5-9H,1-4H3. The molecule has 1 heteroatoms. The Morgan fingerprint density at radius 1 is 1.07 bits per heavy atom. The number of hydrogen-bond acceptors (Lipinski definition) is 1. The molecule has 0 N–H and O–H groups in total. The molecule has 0 bridgehead atoms. The van der Waals surface area contributed by atoms with Crippen molar-refractivity contribution >= 4 is 10.9 Å². The Hall–Kier alpha value is -1.37. The van der Waals surface area contributed by atoms with Gasteiger partial charge in [-0.15, -0.1) is 0 Å². The van der Waals surface area contributed by atoms with Crippen molar-refractivity contribution in [1.29, 1.82) is 0 Å². The second kappa shape index (κ2) is 3.65. The molecular formula is C14H17N. The minimum Gasteiger partial charge on any atom is -0.253 e. The summed E-state index contributed by atoms with van der Waals surface area (Å²) in [6.07, 6.45) is 0. The average molecular weight is 199 g/mol. The molecule has 0 aliphatic carbocycles. The van der Waals surface area contributed by atoms with Gasteiger partial charge in [0.1, 0.15) is 0 Å². The first-order valence-electron chi connectivity index (χ1n) is 5.46. The highest BCUT2D eigenvalue weighted by Gasteiger charge is 2.04. The molecule has 0 unspecified atom stereocenters. The Labute approximate surface area is 91.2 Å². The Morgan fingerprint density at radius 3 is 2.47 bits per heavy atom. The molecule has 2 aromatic rings. The van der Waals surface area contributed by atoms with Crippen molar-refractivity contribution in [3.8, 4) is 0 Å². The van der Waals surface area contributed by atoms with Crippen LogP contribution < -0.4 is 0 Å². The molecule has 0 fully saturated rings. The lowest BCUT2D eigenvalue weighted by molar-refractivity contribution is 0.868. The summed E-state index contributed by atoms with van der Waals surface area (Å²) >= 11 is 0. The van der Waals surface area contributed by atoms with Gasteiger partial charge < -0.3 is 0 Å². The van der Waals surface area contributed by atoms with Gasteiger partial charge in [0.25, 0.3) is 0 Å². The van der Waals surface area contributed by atoms with E-state index >= 15 is 0 Å². The van der Waals surface area contributed by atoms with Crippen LogP contribution in [0.5, 0.6) is 0 Å². The van der Waals surface area contributed by atoms with E-state index in [1.165, 1.54) is 16.5 Å². The van der Waals surface area contributed by atoms with Gasteiger partial charge >= 0.3 is 0 Å². The van der Waals surface area contributed by atoms with Gasteiger partial charge in [0, 0.05) is 11.1 Å². The van der Waals surface area contributed by atoms with E-state index in [4.69, 9.17) is 0 Å². The molecule has 0 amide bonds. The summed E-state index contributed by atoms with van der Waals surface area (Å²) in [6.45, 7) is 8.64. The van der Waals surface area contributed by atoms with Gasteiger partial charge in [-0.25, -0.2) is 0 Å². The zero-order valence-electron chi connectivity index (χ0n) is 9.83. The molecule has 15 heavy (non-hydrogen) atoms. The van der Waals surface area contributed by atoms with Gasteiger partial charge in [0.15, 0.2) is 0 Å². The van der Waals surface area contributed by atoms with E-state index in [0.717, 1.165) is 11.2 Å². The number of aryl methyl sites for hydroxylation is 2. The van der Waals surface area contributed by atoms with E-state index in [1.54, 1.807) is 0 Å². The lowest BCUT2D eigenvalue weighted by Crippen LogP contribution is -1.91. The molecule has 2 rings (SSSR count). The normalized spacial score (nSPS) is 11.3. The third-order valence-corrected chi connectivity index (χ3v) is 2.83. The van der Waals surface area contributed by atoms with Crippen LogP contribution in [0.4, 0.5) is 0 Å². The lowest BCUT2D eigenvalue weighted by atomic mass is 9.99. The van der Waals surface area contributed by atoms with Gasteiger partial charge in [-0.1, -0.05) is 19.9 Å². The van der Waals surface area contributed by atoms with Crippen molar-refractivity contribution < 1.29 is 0 Å². The fourth-order valence-corrected chi connectivity index (χ4v) is 1.94. The second-order valence-corrected chi connectivity index (χ2v) is 4.51. The van der Waals surface area contributed by atoms with Crippen LogP contribution in [0.15, 0.2) is 24.3 Å². The summed E-state index contributed by atoms with van der Waals surface area (Å²) in [7, 11) is 0. The molecule has 0 aliphatic heterocycles. The third-order valence-electron chi connectivity index (χ3n) is 2.83. The summed E-state index contributed by atoms with van der Waals surface area (Å²) in [4.78, 5) is 4.54. The Bertz CT molecular complexity index is 498. The van der Waals surface area contributed by atoms with Crippen LogP contribution in [0.2, 0.25) is 0 Å². The highest BCUT2D eigenvalue weighted by molar-refractivity contribution is 5.83. The van der Waals surface area contributed by atoms with Gasteiger partial charge in [-0.3, -0.25) is 4.98 Å². The number of rotatable bonds is 1. The van der Waals surface area contributed by atoms with E-state index in [9.17, 15) is 0 Å². The van der Waals surface area contributed by atoms with E-state index in [1.807, 2.05) is 6.92 Å². The summed E-state index contributed by atoms with van der Waals surface area (Å²) in [5.41, 5.74) is 4.91. The van der Waals surface area contributed by atoms with Gasteiger partial charge in [0.05, 0.1) is 5.52 Å². The highest BCUT2D eigenvalue weighted by atomic mass is 14.7. The van der Waals surface area contributed by atoms with Gasteiger partial charge in [-0.2, -0.15) is 0 Å². The lowest BCUT2D eigenvalue weighted by Gasteiger charge is -2.09. The number of nitrogens with zero attached hydrogens (tertiary/aromatic N) is 1. The maximum atomic E-state index is 4.54. The van der Waals surface area contributed by atoms with Crippen molar-refractivity contribution in [2.75, 3.05) is 0 Å². The summed E-state index contributed by atoms with van der Waals surface area (Å²) in [5.74, 6) is 0.579.